The Morgan fingerprint density at radius 3 is 2.79 bits per heavy atom. The van der Waals surface area contributed by atoms with E-state index in [2.05, 4.69) is 18.8 Å². The number of nitrogens with zero attached hydrogens (tertiary/aromatic N) is 2. The standard InChI is InChI=1S/C22H35FN2O3/c1-4-6-8-18(5-2)13-28-20(27)10-7-9-19-17(3)11-12-24-21(19)25-14-22(23,15-25)16-26/h11-12,18,26H,4-10,13-16H2,1-3H3. The fourth-order valence-corrected chi connectivity index (χ4v) is 3.63. The number of ether oxygens (including phenoxy) is 1. The van der Waals surface area contributed by atoms with E-state index in [0.717, 1.165) is 36.2 Å². The summed E-state index contributed by atoms with van der Waals surface area (Å²) in [5.41, 5.74) is 0.606. The fourth-order valence-electron chi connectivity index (χ4n) is 3.63. The zero-order valence-electron chi connectivity index (χ0n) is 17.5. The van der Waals surface area contributed by atoms with Crippen molar-refractivity contribution in [3.05, 3.63) is 23.4 Å². The van der Waals surface area contributed by atoms with Crippen molar-refractivity contribution >= 4 is 11.8 Å². The number of aryl methyl sites for hydroxylation is 1. The van der Waals surface area contributed by atoms with E-state index in [-0.39, 0.29) is 19.1 Å². The molecule has 2 rings (SSSR count). The second kappa shape index (κ2) is 10.7. The Bertz CT molecular complexity index is 632. The van der Waals surface area contributed by atoms with E-state index < -0.39 is 12.3 Å². The Morgan fingerprint density at radius 2 is 2.14 bits per heavy atom. The number of aromatic nitrogens is 1. The van der Waals surface area contributed by atoms with E-state index in [1.54, 1.807) is 6.20 Å². The van der Waals surface area contributed by atoms with Gasteiger partial charge < -0.3 is 14.7 Å². The highest BCUT2D eigenvalue weighted by Gasteiger charge is 2.44. The van der Waals surface area contributed by atoms with Crippen molar-refractivity contribution in [2.45, 2.75) is 71.4 Å². The molecule has 0 saturated carbocycles. The number of unbranched alkanes of at least 4 members (excludes halogenated alkanes) is 1. The molecule has 1 aliphatic rings. The van der Waals surface area contributed by atoms with E-state index in [0.29, 0.717) is 31.8 Å². The van der Waals surface area contributed by atoms with Crippen LogP contribution in [0.25, 0.3) is 0 Å². The fraction of sp³-hybridized carbons (Fsp3) is 0.727. The molecule has 1 atom stereocenters. The minimum Gasteiger partial charge on any atom is -0.465 e. The lowest BCUT2D eigenvalue weighted by molar-refractivity contribution is -0.145. The van der Waals surface area contributed by atoms with Crippen LogP contribution in [0.3, 0.4) is 0 Å². The van der Waals surface area contributed by atoms with Gasteiger partial charge in [0, 0.05) is 12.6 Å². The topological polar surface area (TPSA) is 62.7 Å². The Morgan fingerprint density at radius 1 is 1.39 bits per heavy atom. The van der Waals surface area contributed by atoms with Gasteiger partial charge in [-0.3, -0.25) is 4.79 Å². The maximum Gasteiger partial charge on any atom is 0.305 e. The Hall–Kier alpha value is -1.69. The van der Waals surface area contributed by atoms with Crippen LogP contribution >= 0.6 is 0 Å². The lowest BCUT2D eigenvalue weighted by atomic mass is 9.95. The van der Waals surface area contributed by atoms with Gasteiger partial charge in [0.05, 0.1) is 26.3 Å². The van der Waals surface area contributed by atoms with Gasteiger partial charge in [0.2, 0.25) is 0 Å². The molecule has 1 aliphatic heterocycles. The first-order valence-corrected chi connectivity index (χ1v) is 10.6. The molecule has 0 bridgehead atoms. The van der Waals surface area contributed by atoms with Gasteiger partial charge in [-0.05, 0) is 49.3 Å². The van der Waals surface area contributed by atoms with E-state index in [1.807, 2.05) is 17.9 Å². The van der Waals surface area contributed by atoms with Gasteiger partial charge in [0.25, 0.3) is 0 Å². The van der Waals surface area contributed by atoms with Crippen molar-refractivity contribution in [3.8, 4) is 0 Å². The van der Waals surface area contributed by atoms with Gasteiger partial charge in [-0.1, -0.05) is 33.1 Å². The summed E-state index contributed by atoms with van der Waals surface area (Å²) < 4.78 is 19.5. The summed E-state index contributed by atoms with van der Waals surface area (Å²) in [6, 6.07) is 1.94. The summed E-state index contributed by atoms with van der Waals surface area (Å²) in [7, 11) is 0. The number of aliphatic hydroxyl groups is 1. The average molecular weight is 395 g/mol. The smallest absolute Gasteiger partial charge is 0.305 e. The second-order valence-electron chi connectivity index (χ2n) is 8.05. The van der Waals surface area contributed by atoms with Gasteiger partial charge in [0.1, 0.15) is 5.82 Å². The number of alkyl halides is 1. The molecule has 1 aromatic rings. The molecule has 2 heterocycles. The number of carbonyl (C=O) groups excluding carboxylic acids is 1. The summed E-state index contributed by atoms with van der Waals surface area (Å²) in [6.45, 7) is 6.68. The van der Waals surface area contributed by atoms with Crippen LogP contribution in [0.15, 0.2) is 12.3 Å². The number of hydrogen-bond acceptors (Lipinski definition) is 5. The molecule has 0 aliphatic carbocycles. The first kappa shape index (κ1) is 22.6. The molecule has 5 nitrogen and oxygen atoms in total. The quantitative estimate of drug-likeness (QED) is 0.543. The van der Waals surface area contributed by atoms with E-state index >= 15 is 0 Å². The van der Waals surface area contributed by atoms with Gasteiger partial charge in [-0.25, -0.2) is 9.37 Å². The highest BCUT2D eigenvalue weighted by atomic mass is 19.1. The number of anilines is 1. The largest absolute Gasteiger partial charge is 0.465 e. The van der Waals surface area contributed by atoms with Crippen molar-refractivity contribution in [3.63, 3.8) is 0 Å². The van der Waals surface area contributed by atoms with E-state index in [9.17, 15) is 9.18 Å². The third kappa shape index (κ3) is 6.16. The molecule has 0 spiro atoms. The van der Waals surface area contributed by atoms with Gasteiger partial charge in [0.15, 0.2) is 5.67 Å². The predicted molar refractivity (Wildman–Crippen MR) is 109 cm³/mol. The summed E-state index contributed by atoms with van der Waals surface area (Å²) >= 11 is 0. The molecule has 1 fully saturated rings. The highest BCUT2D eigenvalue weighted by molar-refractivity contribution is 5.69. The van der Waals surface area contributed by atoms with Crippen LogP contribution in [0.1, 0.15) is 63.5 Å². The molecule has 1 N–H and O–H groups in total. The number of carbonyl (C=O) groups is 1. The summed E-state index contributed by atoms with van der Waals surface area (Å²) in [4.78, 5) is 18.4. The minimum atomic E-state index is -1.53. The molecule has 1 unspecified atom stereocenters. The van der Waals surface area contributed by atoms with Gasteiger partial charge in [-0.2, -0.15) is 0 Å². The molecule has 0 aromatic carbocycles. The maximum atomic E-state index is 14.0. The van der Waals surface area contributed by atoms with Crippen molar-refractivity contribution in [2.24, 2.45) is 5.92 Å². The van der Waals surface area contributed by atoms with Crippen LogP contribution in [-0.4, -0.2) is 48.0 Å². The van der Waals surface area contributed by atoms with Gasteiger partial charge >= 0.3 is 5.97 Å². The van der Waals surface area contributed by atoms with Crippen LogP contribution in [-0.2, 0) is 16.0 Å². The lowest BCUT2D eigenvalue weighted by Gasteiger charge is -2.44. The monoisotopic (exact) mass is 394 g/mol. The number of rotatable bonds is 12. The Labute approximate surface area is 168 Å². The second-order valence-corrected chi connectivity index (χ2v) is 8.05. The molecule has 1 aromatic heterocycles. The van der Waals surface area contributed by atoms with Crippen LogP contribution in [0.2, 0.25) is 0 Å². The van der Waals surface area contributed by atoms with Crippen molar-refractivity contribution < 1.29 is 19.0 Å². The molecule has 6 heteroatoms. The Kier molecular flexibility index (Phi) is 8.67. The van der Waals surface area contributed by atoms with Crippen molar-refractivity contribution in [2.75, 3.05) is 31.2 Å². The van der Waals surface area contributed by atoms with Crippen LogP contribution in [0.5, 0.6) is 0 Å². The third-order valence-electron chi connectivity index (χ3n) is 5.63. The number of esters is 1. The summed E-state index contributed by atoms with van der Waals surface area (Å²) in [5.74, 6) is 1.07. The third-order valence-corrected chi connectivity index (χ3v) is 5.63. The summed E-state index contributed by atoms with van der Waals surface area (Å²) in [6.07, 6.45) is 7.96. The number of aliphatic hydroxyl groups excluding tert-OH is 1. The van der Waals surface area contributed by atoms with Crippen LogP contribution < -0.4 is 4.90 Å². The summed E-state index contributed by atoms with van der Waals surface area (Å²) in [5, 5.41) is 9.12. The normalized spacial score (nSPS) is 16.5. The van der Waals surface area contributed by atoms with Crippen LogP contribution in [0.4, 0.5) is 10.2 Å². The zero-order valence-corrected chi connectivity index (χ0v) is 17.5. The molecule has 1 saturated heterocycles. The number of halogens is 1. The van der Waals surface area contributed by atoms with Crippen LogP contribution in [0, 0.1) is 12.8 Å². The van der Waals surface area contributed by atoms with Crippen molar-refractivity contribution in [1.82, 2.24) is 4.98 Å². The molecule has 28 heavy (non-hydrogen) atoms. The SMILES string of the molecule is CCCCC(CC)COC(=O)CCCc1c(C)ccnc1N1CC(F)(CO)C1. The van der Waals surface area contributed by atoms with E-state index in [1.165, 1.54) is 6.42 Å². The molecule has 158 valence electrons. The number of pyridine rings is 1. The minimum absolute atomic E-state index is 0.148. The first-order chi connectivity index (χ1) is 13.4. The molecular weight excluding hydrogens is 359 g/mol. The highest BCUT2D eigenvalue weighted by Crippen LogP contribution is 2.33. The molecule has 0 radical (unpaired) electrons. The molecule has 0 amide bonds. The van der Waals surface area contributed by atoms with E-state index in [4.69, 9.17) is 9.84 Å². The zero-order chi connectivity index (χ0) is 20.6. The predicted octanol–water partition coefficient (Wildman–Crippen LogP) is 3.99. The average Bonchev–Trinajstić information content (AvgIpc) is 2.67. The lowest BCUT2D eigenvalue weighted by Crippen LogP contribution is -2.61. The molecular formula is C22H35FN2O3. The maximum absolute atomic E-state index is 14.0. The van der Waals surface area contributed by atoms with Crippen molar-refractivity contribution in [1.29, 1.82) is 0 Å². The first-order valence-electron chi connectivity index (χ1n) is 10.6. The Balaban J connectivity index is 1.82. The number of hydrogen-bond donors (Lipinski definition) is 1. The van der Waals surface area contributed by atoms with Gasteiger partial charge in [-0.15, -0.1) is 0 Å².